The molecule has 0 aliphatic rings. The van der Waals surface area contributed by atoms with Crippen molar-refractivity contribution in [3.63, 3.8) is 0 Å². The zero-order chi connectivity index (χ0) is 38.7. The normalized spacial score (nSPS) is 11.6. The van der Waals surface area contributed by atoms with Crippen LogP contribution in [-0.4, -0.2) is 24.1 Å². The Labute approximate surface area is 336 Å². The lowest BCUT2D eigenvalue weighted by Crippen LogP contribution is -2.04. The summed E-state index contributed by atoms with van der Waals surface area (Å²) in [5.74, 6) is 1.89. The fraction of sp³-hybridized carbons (Fsp3) is 0.0377. The van der Waals surface area contributed by atoms with Crippen LogP contribution in [0.2, 0.25) is 0 Å². The van der Waals surface area contributed by atoms with E-state index in [0.717, 1.165) is 49.9 Å². The first kappa shape index (κ1) is 33.7. The van der Waals surface area contributed by atoms with Crippen molar-refractivity contribution in [2.24, 2.45) is 0 Å². The van der Waals surface area contributed by atoms with Gasteiger partial charge in [0.2, 0.25) is 0 Å². The van der Waals surface area contributed by atoms with Crippen molar-refractivity contribution in [3.05, 3.63) is 199 Å². The van der Waals surface area contributed by atoms with Gasteiger partial charge in [-0.1, -0.05) is 140 Å². The molecule has 0 atom stereocenters. The third kappa shape index (κ3) is 5.43. The van der Waals surface area contributed by atoms with Crippen LogP contribution in [0.25, 0.3) is 100 Å². The number of rotatable bonds is 6. The van der Waals surface area contributed by atoms with Crippen LogP contribution in [0.1, 0.15) is 11.1 Å². The lowest BCUT2D eigenvalue weighted by Gasteiger charge is -2.17. The summed E-state index contributed by atoms with van der Waals surface area (Å²) in [6, 6.07) is 66.5. The van der Waals surface area contributed by atoms with Crippen LogP contribution < -0.4 is 0 Å². The Bertz CT molecular complexity index is 3270. The average Bonchev–Trinajstić information content (AvgIpc) is 3.79. The number of para-hydroxylation sites is 4. The van der Waals surface area contributed by atoms with Crippen LogP contribution in [0.4, 0.5) is 0 Å². The molecule has 0 bridgehead atoms. The van der Waals surface area contributed by atoms with Gasteiger partial charge in [0, 0.05) is 43.9 Å². The number of hydrogen-bond acceptors (Lipinski definition) is 3. The largest absolute Gasteiger partial charge is 0.309 e. The summed E-state index contributed by atoms with van der Waals surface area (Å²) in [7, 11) is 0. The first-order valence-corrected chi connectivity index (χ1v) is 19.7. The molecule has 0 N–H and O–H groups in total. The zero-order valence-electron chi connectivity index (χ0n) is 32.1. The first-order chi connectivity index (χ1) is 28.6. The molecule has 0 aliphatic heterocycles. The molecule has 0 saturated heterocycles. The van der Waals surface area contributed by atoms with Crippen molar-refractivity contribution in [2.45, 2.75) is 13.8 Å². The molecule has 11 rings (SSSR count). The van der Waals surface area contributed by atoms with Crippen LogP contribution >= 0.6 is 0 Å². The van der Waals surface area contributed by atoms with E-state index in [1.54, 1.807) is 0 Å². The Morgan fingerprint density at radius 3 is 1.48 bits per heavy atom. The molecular weight excluding hydrogens is 707 g/mol. The molecule has 274 valence electrons. The van der Waals surface area contributed by atoms with E-state index >= 15 is 0 Å². The molecule has 0 amide bonds. The molecule has 0 fully saturated rings. The average molecular weight is 744 g/mol. The van der Waals surface area contributed by atoms with Crippen LogP contribution in [-0.2, 0) is 0 Å². The molecular formula is C53H37N5. The maximum atomic E-state index is 5.32. The fourth-order valence-electron chi connectivity index (χ4n) is 8.76. The number of nitrogens with zero attached hydrogens (tertiary/aromatic N) is 5. The maximum Gasteiger partial charge on any atom is 0.166 e. The second kappa shape index (κ2) is 13.5. The van der Waals surface area contributed by atoms with E-state index in [9.17, 15) is 0 Å². The van der Waals surface area contributed by atoms with E-state index in [4.69, 9.17) is 15.0 Å². The third-order valence-corrected chi connectivity index (χ3v) is 11.4. The van der Waals surface area contributed by atoms with Crippen molar-refractivity contribution < 1.29 is 0 Å². The molecule has 0 saturated carbocycles. The van der Waals surface area contributed by atoms with Gasteiger partial charge in [-0.05, 0) is 84.6 Å². The standard InChI is InChI=1S/C53H37N5/c1-34-17-16-18-35(2)49(34)58-47-28-15-13-26-42(47)44-32-39(38-29-30-48-43(31-38)41-25-12-14-27-46(41)57(48)40-23-10-5-11-24-40)33-45(50(44)58)53-55-51(36-19-6-3-7-20-36)54-52(56-53)37-21-8-4-9-22-37/h3-33H,1-2H3. The summed E-state index contributed by atoms with van der Waals surface area (Å²) in [6.07, 6.45) is 0. The summed E-state index contributed by atoms with van der Waals surface area (Å²) in [5.41, 5.74) is 14.3. The summed E-state index contributed by atoms with van der Waals surface area (Å²) in [6.45, 7) is 4.39. The van der Waals surface area contributed by atoms with Gasteiger partial charge >= 0.3 is 0 Å². The second-order valence-corrected chi connectivity index (χ2v) is 15.0. The minimum atomic E-state index is 0.622. The zero-order valence-corrected chi connectivity index (χ0v) is 32.1. The highest BCUT2D eigenvalue weighted by Gasteiger charge is 2.23. The van der Waals surface area contributed by atoms with E-state index in [0.29, 0.717) is 17.5 Å². The molecule has 0 spiro atoms. The van der Waals surface area contributed by atoms with Crippen LogP contribution in [0.5, 0.6) is 0 Å². The van der Waals surface area contributed by atoms with Crippen molar-refractivity contribution >= 4 is 43.6 Å². The highest BCUT2D eigenvalue weighted by molar-refractivity contribution is 6.16. The molecule has 8 aromatic carbocycles. The maximum absolute atomic E-state index is 5.32. The van der Waals surface area contributed by atoms with E-state index in [2.05, 4.69) is 175 Å². The summed E-state index contributed by atoms with van der Waals surface area (Å²) >= 11 is 0. The Kier molecular flexibility index (Phi) is 7.86. The third-order valence-electron chi connectivity index (χ3n) is 11.4. The predicted octanol–water partition coefficient (Wildman–Crippen LogP) is 13.4. The molecule has 3 aromatic heterocycles. The number of aromatic nitrogens is 5. The Morgan fingerprint density at radius 1 is 0.345 bits per heavy atom. The first-order valence-electron chi connectivity index (χ1n) is 19.7. The SMILES string of the molecule is Cc1cccc(C)c1-n1c2ccccc2c2cc(-c3ccc4c(c3)c3ccccc3n4-c3ccccc3)cc(-c3nc(-c4ccccc4)nc(-c4ccccc4)n3)c21. The quantitative estimate of drug-likeness (QED) is 0.170. The van der Waals surface area contributed by atoms with Crippen molar-refractivity contribution in [1.29, 1.82) is 0 Å². The van der Waals surface area contributed by atoms with Crippen LogP contribution in [0.15, 0.2) is 188 Å². The lowest BCUT2D eigenvalue weighted by atomic mass is 9.97. The fourth-order valence-corrected chi connectivity index (χ4v) is 8.76. The molecule has 5 heteroatoms. The molecule has 58 heavy (non-hydrogen) atoms. The van der Waals surface area contributed by atoms with E-state index in [1.807, 2.05) is 36.4 Å². The molecule has 0 aliphatic carbocycles. The molecule has 11 aromatic rings. The minimum Gasteiger partial charge on any atom is -0.309 e. The number of aryl methyl sites for hydroxylation is 2. The van der Waals surface area contributed by atoms with Gasteiger partial charge in [0.15, 0.2) is 17.5 Å². The molecule has 0 radical (unpaired) electrons. The van der Waals surface area contributed by atoms with Gasteiger partial charge in [0.1, 0.15) is 0 Å². The second-order valence-electron chi connectivity index (χ2n) is 15.0. The topological polar surface area (TPSA) is 48.5 Å². The van der Waals surface area contributed by atoms with Crippen molar-refractivity contribution in [3.8, 4) is 56.7 Å². The highest BCUT2D eigenvalue weighted by Crippen LogP contribution is 2.43. The van der Waals surface area contributed by atoms with Gasteiger partial charge in [-0.2, -0.15) is 0 Å². The molecule has 5 nitrogen and oxygen atoms in total. The molecule has 0 unspecified atom stereocenters. The molecule has 3 heterocycles. The summed E-state index contributed by atoms with van der Waals surface area (Å²) < 4.78 is 4.79. The monoisotopic (exact) mass is 743 g/mol. The number of benzene rings is 8. The van der Waals surface area contributed by atoms with E-state index in [1.165, 1.54) is 44.0 Å². The van der Waals surface area contributed by atoms with Gasteiger partial charge in [-0.15, -0.1) is 0 Å². The highest BCUT2D eigenvalue weighted by atomic mass is 15.1. The van der Waals surface area contributed by atoms with Crippen LogP contribution in [0, 0.1) is 13.8 Å². The lowest BCUT2D eigenvalue weighted by molar-refractivity contribution is 1.07. The van der Waals surface area contributed by atoms with Gasteiger partial charge in [-0.25, -0.2) is 15.0 Å². The Balaban J connectivity index is 1.25. The summed E-state index contributed by atoms with van der Waals surface area (Å²) in [4.78, 5) is 15.7. The van der Waals surface area contributed by atoms with Gasteiger partial charge < -0.3 is 9.13 Å². The smallest absolute Gasteiger partial charge is 0.166 e. The van der Waals surface area contributed by atoms with E-state index < -0.39 is 0 Å². The predicted molar refractivity (Wildman–Crippen MR) is 240 cm³/mol. The Hall–Kier alpha value is -7.63. The van der Waals surface area contributed by atoms with Gasteiger partial charge in [0.05, 0.1) is 27.8 Å². The number of hydrogen-bond donors (Lipinski definition) is 0. The minimum absolute atomic E-state index is 0.622. The van der Waals surface area contributed by atoms with Crippen molar-refractivity contribution in [2.75, 3.05) is 0 Å². The van der Waals surface area contributed by atoms with Crippen LogP contribution in [0.3, 0.4) is 0 Å². The van der Waals surface area contributed by atoms with Crippen molar-refractivity contribution in [1.82, 2.24) is 24.1 Å². The summed E-state index contributed by atoms with van der Waals surface area (Å²) in [5, 5.41) is 4.73. The number of fused-ring (bicyclic) bond motifs is 6. The van der Waals surface area contributed by atoms with Gasteiger partial charge in [0.25, 0.3) is 0 Å². The van der Waals surface area contributed by atoms with E-state index in [-0.39, 0.29) is 0 Å². The van der Waals surface area contributed by atoms with Gasteiger partial charge in [-0.3, -0.25) is 0 Å². The Morgan fingerprint density at radius 2 is 0.845 bits per heavy atom.